The predicted molar refractivity (Wildman–Crippen MR) is 109 cm³/mol. The molecule has 3 N–H and O–H groups in total. The fourth-order valence-electron chi connectivity index (χ4n) is 3.23. The van der Waals surface area contributed by atoms with Crippen molar-refractivity contribution in [2.24, 2.45) is 5.73 Å². The molecule has 10 heteroatoms. The highest BCUT2D eigenvalue weighted by Crippen LogP contribution is 2.38. The minimum atomic E-state index is -0.775. The Balaban J connectivity index is 0.00000218. The van der Waals surface area contributed by atoms with Gasteiger partial charge in [-0.3, -0.25) is 0 Å². The van der Waals surface area contributed by atoms with Crippen molar-refractivity contribution < 1.29 is 43.0 Å². The predicted octanol–water partition coefficient (Wildman–Crippen LogP) is 0.290. The Labute approximate surface area is 180 Å². The van der Waals surface area contributed by atoms with Crippen LogP contribution in [-0.4, -0.2) is 108 Å². The standard InChI is InChI=1S/C18H35NO9.C2H6/c1-18(2)27-15-14(13(12-20)26-17(21-3)16(15)28-18)25-11-10-24-9-8-23-7-6-22-5-4-19;1-2/h13-17,20H,4-12,19H2,1-3H3;1-2H3/t13?,14-,15?,16?,17+;/m1./s1. The van der Waals surface area contributed by atoms with Crippen molar-refractivity contribution in [3.63, 3.8) is 0 Å². The molecule has 2 aliphatic heterocycles. The number of nitrogens with two attached hydrogens (primary N) is 1. The van der Waals surface area contributed by atoms with Crippen molar-refractivity contribution in [1.82, 2.24) is 0 Å². The second kappa shape index (κ2) is 15.4. The van der Waals surface area contributed by atoms with Crippen LogP contribution in [-0.2, 0) is 37.9 Å². The molecule has 2 fully saturated rings. The van der Waals surface area contributed by atoms with Crippen LogP contribution in [0.15, 0.2) is 0 Å². The third-order valence-corrected chi connectivity index (χ3v) is 4.39. The van der Waals surface area contributed by atoms with Gasteiger partial charge >= 0.3 is 0 Å². The second-order valence-electron chi connectivity index (χ2n) is 6.99. The van der Waals surface area contributed by atoms with Gasteiger partial charge in [-0.25, -0.2) is 0 Å². The lowest BCUT2D eigenvalue weighted by atomic mass is 9.99. The monoisotopic (exact) mass is 439 g/mol. The Morgan fingerprint density at radius 3 is 1.93 bits per heavy atom. The van der Waals surface area contributed by atoms with Crippen molar-refractivity contribution >= 4 is 0 Å². The van der Waals surface area contributed by atoms with Gasteiger partial charge in [0.15, 0.2) is 12.1 Å². The second-order valence-corrected chi connectivity index (χ2v) is 6.99. The molecule has 2 aliphatic rings. The highest BCUT2D eigenvalue weighted by Gasteiger charge is 2.55. The summed E-state index contributed by atoms with van der Waals surface area (Å²) in [5.74, 6) is -0.775. The molecular formula is C20H41NO9. The van der Waals surface area contributed by atoms with Crippen molar-refractivity contribution in [3.05, 3.63) is 0 Å². The van der Waals surface area contributed by atoms with E-state index in [2.05, 4.69) is 0 Å². The van der Waals surface area contributed by atoms with Crippen LogP contribution in [0.5, 0.6) is 0 Å². The first-order valence-corrected chi connectivity index (χ1v) is 10.7. The Bertz CT molecular complexity index is 427. The van der Waals surface area contributed by atoms with Gasteiger partial charge in [-0.1, -0.05) is 13.8 Å². The fraction of sp³-hybridized carbons (Fsp3) is 1.00. The molecule has 2 rings (SSSR count). The normalized spacial score (nSPS) is 29.9. The van der Waals surface area contributed by atoms with Crippen LogP contribution in [0.2, 0.25) is 0 Å². The fourth-order valence-corrected chi connectivity index (χ4v) is 3.23. The first-order valence-electron chi connectivity index (χ1n) is 10.7. The van der Waals surface area contributed by atoms with Gasteiger partial charge in [0.05, 0.1) is 52.9 Å². The summed E-state index contributed by atoms with van der Waals surface area (Å²) in [4.78, 5) is 0. The van der Waals surface area contributed by atoms with Crippen LogP contribution in [0.4, 0.5) is 0 Å². The minimum Gasteiger partial charge on any atom is -0.394 e. The van der Waals surface area contributed by atoms with Gasteiger partial charge in [0, 0.05) is 13.7 Å². The number of fused-ring (bicyclic) bond motifs is 1. The number of aliphatic hydroxyl groups is 1. The molecule has 0 aromatic carbocycles. The first kappa shape index (κ1) is 27.6. The van der Waals surface area contributed by atoms with Gasteiger partial charge in [0.2, 0.25) is 0 Å². The summed E-state index contributed by atoms with van der Waals surface area (Å²) in [5, 5.41) is 9.68. The lowest BCUT2D eigenvalue weighted by Gasteiger charge is -2.40. The highest BCUT2D eigenvalue weighted by atomic mass is 16.8. The van der Waals surface area contributed by atoms with Crippen molar-refractivity contribution in [1.29, 1.82) is 0 Å². The van der Waals surface area contributed by atoms with E-state index in [1.54, 1.807) is 0 Å². The zero-order valence-electron chi connectivity index (χ0n) is 19.0. The number of hydrogen-bond acceptors (Lipinski definition) is 10. The largest absolute Gasteiger partial charge is 0.394 e. The van der Waals surface area contributed by atoms with E-state index in [0.29, 0.717) is 52.8 Å². The number of ether oxygens (including phenoxy) is 8. The summed E-state index contributed by atoms with van der Waals surface area (Å²) in [6, 6.07) is 0. The summed E-state index contributed by atoms with van der Waals surface area (Å²) in [7, 11) is 1.53. The summed E-state index contributed by atoms with van der Waals surface area (Å²) < 4.78 is 45.0. The molecule has 2 saturated heterocycles. The Morgan fingerprint density at radius 1 is 0.867 bits per heavy atom. The smallest absolute Gasteiger partial charge is 0.186 e. The molecule has 0 saturated carbocycles. The van der Waals surface area contributed by atoms with E-state index in [4.69, 9.17) is 43.6 Å². The Kier molecular flexibility index (Phi) is 14.2. The average molecular weight is 440 g/mol. The van der Waals surface area contributed by atoms with E-state index in [1.807, 2.05) is 27.7 Å². The average Bonchev–Trinajstić information content (AvgIpc) is 3.08. The molecule has 5 atom stereocenters. The number of methoxy groups -OCH3 is 1. The topological polar surface area (TPSA) is 120 Å². The lowest BCUT2D eigenvalue weighted by molar-refractivity contribution is -0.280. The highest BCUT2D eigenvalue weighted by molar-refractivity contribution is 4.97. The summed E-state index contributed by atoms with van der Waals surface area (Å²) in [6.45, 7) is 11.2. The molecule has 0 bridgehead atoms. The Morgan fingerprint density at radius 2 is 1.40 bits per heavy atom. The summed E-state index contributed by atoms with van der Waals surface area (Å²) >= 11 is 0. The molecule has 2 heterocycles. The van der Waals surface area contributed by atoms with E-state index in [0.717, 1.165) is 0 Å². The maximum Gasteiger partial charge on any atom is 0.186 e. The molecule has 0 aromatic heterocycles. The number of rotatable bonds is 14. The van der Waals surface area contributed by atoms with Gasteiger partial charge in [-0.2, -0.15) is 0 Å². The first-order chi connectivity index (χ1) is 14.5. The number of aliphatic hydroxyl groups excluding tert-OH is 1. The minimum absolute atomic E-state index is 0.210. The van der Waals surface area contributed by atoms with Crippen LogP contribution in [0.1, 0.15) is 27.7 Å². The lowest BCUT2D eigenvalue weighted by Crippen LogP contribution is -2.58. The quantitative estimate of drug-likeness (QED) is 0.365. The SMILES string of the molecule is CC.CO[C@H]1OC(CO)[C@@H](OCCOCCOCCOCCN)C2OC(C)(C)OC21. The maximum atomic E-state index is 9.68. The van der Waals surface area contributed by atoms with E-state index in [-0.39, 0.29) is 6.61 Å². The summed E-state index contributed by atoms with van der Waals surface area (Å²) in [6.07, 6.45) is -2.50. The van der Waals surface area contributed by atoms with E-state index in [9.17, 15) is 5.11 Å². The van der Waals surface area contributed by atoms with Crippen LogP contribution in [0, 0.1) is 0 Å². The molecule has 180 valence electrons. The molecule has 0 amide bonds. The van der Waals surface area contributed by atoms with Crippen LogP contribution in [0.3, 0.4) is 0 Å². The van der Waals surface area contributed by atoms with E-state index in [1.165, 1.54) is 7.11 Å². The van der Waals surface area contributed by atoms with Gasteiger partial charge in [0.25, 0.3) is 0 Å². The van der Waals surface area contributed by atoms with Gasteiger partial charge in [0.1, 0.15) is 24.4 Å². The molecule has 0 radical (unpaired) electrons. The molecule has 30 heavy (non-hydrogen) atoms. The molecule has 0 spiro atoms. The zero-order chi connectivity index (χ0) is 22.4. The van der Waals surface area contributed by atoms with E-state index >= 15 is 0 Å². The van der Waals surface area contributed by atoms with Gasteiger partial charge < -0.3 is 48.7 Å². The van der Waals surface area contributed by atoms with E-state index < -0.39 is 36.5 Å². The summed E-state index contributed by atoms with van der Waals surface area (Å²) in [5.41, 5.74) is 5.32. The van der Waals surface area contributed by atoms with Crippen molar-refractivity contribution in [2.45, 2.75) is 64.2 Å². The maximum absolute atomic E-state index is 9.68. The van der Waals surface area contributed by atoms with Crippen LogP contribution >= 0.6 is 0 Å². The zero-order valence-corrected chi connectivity index (χ0v) is 19.0. The molecule has 10 nitrogen and oxygen atoms in total. The van der Waals surface area contributed by atoms with Crippen LogP contribution in [0.25, 0.3) is 0 Å². The third-order valence-electron chi connectivity index (χ3n) is 4.39. The molecular weight excluding hydrogens is 398 g/mol. The number of hydrogen-bond donors (Lipinski definition) is 2. The van der Waals surface area contributed by atoms with Gasteiger partial charge in [-0.15, -0.1) is 0 Å². The van der Waals surface area contributed by atoms with Crippen molar-refractivity contribution in [3.8, 4) is 0 Å². The van der Waals surface area contributed by atoms with Crippen LogP contribution < -0.4 is 5.73 Å². The molecule has 3 unspecified atom stereocenters. The molecule has 0 aliphatic carbocycles. The third kappa shape index (κ3) is 8.99. The Hall–Kier alpha value is -0.400. The molecule has 0 aromatic rings. The van der Waals surface area contributed by atoms with Crippen molar-refractivity contribution in [2.75, 3.05) is 66.5 Å². The van der Waals surface area contributed by atoms with Gasteiger partial charge in [-0.05, 0) is 13.8 Å².